The van der Waals surface area contributed by atoms with E-state index in [9.17, 15) is 0 Å². The second kappa shape index (κ2) is 7.63. The van der Waals surface area contributed by atoms with Crippen LogP contribution >= 0.6 is 0 Å². The van der Waals surface area contributed by atoms with Gasteiger partial charge in [-0.15, -0.1) is 0 Å². The van der Waals surface area contributed by atoms with E-state index < -0.39 is 0 Å². The van der Waals surface area contributed by atoms with Gasteiger partial charge in [0.2, 0.25) is 0 Å². The Balaban J connectivity index is 1.75. The number of hydrogen-bond acceptors (Lipinski definition) is 2. The molecular formula is C26H17N2Se. The maximum atomic E-state index is 5.08. The van der Waals surface area contributed by atoms with Crippen molar-refractivity contribution >= 4 is 31.4 Å². The van der Waals surface area contributed by atoms with E-state index in [1.54, 1.807) is 0 Å². The molecule has 0 aliphatic heterocycles. The summed E-state index contributed by atoms with van der Waals surface area (Å²) in [6.07, 6.45) is 1.83. The van der Waals surface area contributed by atoms with Gasteiger partial charge in [-0.2, -0.15) is 0 Å². The fraction of sp³-hybridized carbons (Fsp3) is 0. The van der Waals surface area contributed by atoms with Gasteiger partial charge in [-0.05, 0) is 0 Å². The third-order valence-corrected chi connectivity index (χ3v) is 5.95. The number of rotatable bonds is 3. The molecule has 0 fully saturated rings. The predicted molar refractivity (Wildman–Crippen MR) is 121 cm³/mol. The van der Waals surface area contributed by atoms with Crippen LogP contribution in [-0.2, 0) is 0 Å². The van der Waals surface area contributed by atoms with Gasteiger partial charge < -0.3 is 0 Å². The second-order valence-electron chi connectivity index (χ2n) is 6.84. The van der Waals surface area contributed by atoms with Gasteiger partial charge in [0, 0.05) is 0 Å². The first-order valence-corrected chi connectivity index (χ1v) is 10.3. The van der Waals surface area contributed by atoms with Crippen LogP contribution in [0.25, 0.3) is 44.5 Å². The fourth-order valence-electron chi connectivity index (χ4n) is 3.61. The van der Waals surface area contributed by atoms with Gasteiger partial charge in [0.25, 0.3) is 0 Å². The molecule has 0 aliphatic carbocycles. The summed E-state index contributed by atoms with van der Waals surface area (Å²) >= 11 is 3.28. The van der Waals surface area contributed by atoms with Crippen molar-refractivity contribution in [3.05, 3.63) is 103 Å². The van der Waals surface area contributed by atoms with Gasteiger partial charge in [-0.3, -0.25) is 0 Å². The SMILES string of the molecule is [Se]c1c(-c2ccccc2)cccc1-c1cc2ncccc2c(-c2ccccc2)n1. The molecular weight excluding hydrogens is 419 g/mol. The molecule has 0 spiro atoms. The van der Waals surface area contributed by atoms with E-state index in [1.807, 2.05) is 36.5 Å². The van der Waals surface area contributed by atoms with Crippen molar-refractivity contribution < 1.29 is 0 Å². The topological polar surface area (TPSA) is 25.8 Å². The molecule has 2 heterocycles. The molecule has 29 heavy (non-hydrogen) atoms. The molecule has 0 saturated carbocycles. The molecule has 0 saturated heterocycles. The monoisotopic (exact) mass is 437 g/mol. The van der Waals surface area contributed by atoms with Crippen LogP contribution in [0.2, 0.25) is 0 Å². The van der Waals surface area contributed by atoms with Gasteiger partial charge >= 0.3 is 178 Å². The fourth-order valence-corrected chi connectivity index (χ4v) is 4.37. The van der Waals surface area contributed by atoms with Crippen LogP contribution < -0.4 is 4.46 Å². The molecule has 0 unspecified atom stereocenters. The molecule has 5 rings (SSSR count). The van der Waals surface area contributed by atoms with Crippen molar-refractivity contribution in [3.63, 3.8) is 0 Å². The molecule has 1 radical (unpaired) electrons. The third kappa shape index (κ3) is 3.36. The quantitative estimate of drug-likeness (QED) is 0.353. The molecule has 2 aromatic heterocycles. The van der Waals surface area contributed by atoms with Gasteiger partial charge in [0.05, 0.1) is 0 Å². The van der Waals surface area contributed by atoms with E-state index in [2.05, 4.69) is 87.7 Å². The Hall–Kier alpha value is -3.26. The van der Waals surface area contributed by atoms with Crippen LogP contribution in [0.3, 0.4) is 0 Å². The summed E-state index contributed by atoms with van der Waals surface area (Å²) in [6.45, 7) is 0. The van der Waals surface area contributed by atoms with Crippen molar-refractivity contribution in [2.75, 3.05) is 0 Å². The molecule has 0 atom stereocenters. The average Bonchev–Trinajstić information content (AvgIpc) is 2.80. The van der Waals surface area contributed by atoms with Crippen molar-refractivity contribution in [3.8, 4) is 33.6 Å². The molecule has 0 amide bonds. The van der Waals surface area contributed by atoms with E-state index >= 15 is 0 Å². The molecule has 0 N–H and O–H groups in total. The number of fused-ring (bicyclic) bond motifs is 1. The predicted octanol–water partition coefficient (Wildman–Crippen LogP) is 5.42. The number of aromatic nitrogens is 2. The molecule has 137 valence electrons. The first-order valence-electron chi connectivity index (χ1n) is 9.48. The van der Waals surface area contributed by atoms with E-state index in [0.717, 1.165) is 37.9 Å². The van der Waals surface area contributed by atoms with Crippen LogP contribution in [0.1, 0.15) is 0 Å². The molecule has 2 nitrogen and oxygen atoms in total. The summed E-state index contributed by atoms with van der Waals surface area (Å²) in [5.74, 6) is 0. The number of benzene rings is 3. The first-order chi connectivity index (χ1) is 14.3. The minimum atomic E-state index is 0.918. The summed E-state index contributed by atoms with van der Waals surface area (Å²) in [5, 5.41) is 1.06. The summed E-state index contributed by atoms with van der Waals surface area (Å²) in [6, 6.07) is 33.2. The molecule has 0 bridgehead atoms. The van der Waals surface area contributed by atoms with Crippen LogP contribution in [0, 0.1) is 0 Å². The van der Waals surface area contributed by atoms with E-state index in [0.29, 0.717) is 0 Å². The van der Waals surface area contributed by atoms with E-state index in [-0.39, 0.29) is 0 Å². The van der Waals surface area contributed by atoms with E-state index in [4.69, 9.17) is 4.98 Å². The second-order valence-corrected chi connectivity index (χ2v) is 7.70. The number of hydrogen-bond donors (Lipinski definition) is 0. The Morgan fingerprint density at radius 3 is 2.07 bits per heavy atom. The van der Waals surface area contributed by atoms with Crippen molar-refractivity contribution in [2.45, 2.75) is 0 Å². The zero-order valence-corrected chi connectivity index (χ0v) is 17.3. The van der Waals surface area contributed by atoms with Gasteiger partial charge in [0.15, 0.2) is 0 Å². The number of nitrogens with zero attached hydrogens (tertiary/aromatic N) is 2. The minimum absolute atomic E-state index is 0.918. The molecule has 0 aliphatic rings. The van der Waals surface area contributed by atoms with Crippen LogP contribution in [0.15, 0.2) is 103 Å². The van der Waals surface area contributed by atoms with Crippen molar-refractivity contribution in [2.24, 2.45) is 0 Å². The van der Waals surface area contributed by atoms with Crippen LogP contribution in [0.4, 0.5) is 0 Å². The van der Waals surface area contributed by atoms with Crippen LogP contribution in [0.5, 0.6) is 0 Å². The zero-order chi connectivity index (χ0) is 19.6. The van der Waals surface area contributed by atoms with Crippen LogP contribution in [-0.4, -0.2) is 26.0 Å². The Labute approximate surface area is 178 Å². The standard InChI is InChI=1S/C26H17N2Se/c29-26-20(18-9-3-1-4-10-18)13-7-14-22(26)24-17-23-21(15-8-16-27-23)25(28-24)19-11-5-2-6-12-19/h1-17H. The van der Waals surface area contributed by atoms with Gasteiger partial charge in [0.1, 0.15) is 0 Å². The molecule has 3 aromatic carbocycles. The number of pyridine rings is 2. The Morgan fingerprint density at radius 1 is 0.621 bits per heavy atom. The Bertz CT molecular complexity index is 1300. The summed E-state index contributed by atoms with van der Waals surface area (Å²) < 4.78 is 1.10. The third-order valence-electron chi connectivity index (χ3n) is 5.02. The maximum absolute atomic E-state index is 5.08. The van der Waals surface area contributed by atoms with Gasteiger partial charge in [-0.1, -0.05) is 0 Å². The molecule has 3 heteroatoms. The summed E-state index contributed by atoms with van der Waals surface area (Å²) in [7, 11) is 0. The Morgan fingerprint density at radius 2 is 1.31 bits per heavy atom. The molecule has 5 aromatic rings. The van der Waals surface area contributed by atoms with Crippen molar-refractivity contribution in [1.29, 1.82) is 0 Å². The first kappa shape index (κ1) is 17.8. The summed E-state index contributed by atoms with van der Waals surface area (Å²) in [4.78, 5) is 9.69. The Kier molecular flexibility index (Phi) is 4.69. The summed E-state index contributed by atoms with van der Waals surface area (Å²) in [5.41, 5.74) is 7.35. The zero-order valence-electron chi connectivity index (χ0n) is 15.6. The normalized spacial score (nSPS) is 10.9. The van der Waals surface area contributed by atoms with Gasteiger partial charge in [-0.25, -0.2) is 0 Å². The van der Waals surface area contributed by atoms with E-state index in [1.165, 1.54) is 11.1 Å². The average molecular weight is 436 g/mol. The van der Waals surface area contributed by atoms with Crippen molar-refractivity contribution in [1.82, 2.24) is 9.97 Å².